The molecule has 2 atom stereocenters. The topological polar surface area (TPSA) is 175 Å². The predicted molar refractivity (Wildman–Crippen MR) is 106 cm³/mol. The molecule has 0 saturated heterocycles. The number of carboxylic acids is 2. The van der Waals surface area contributed by atoms with Gasteiger partial charge < -0.3 is 26.1 Å². The monoisotopic (exact) mass is 460 g/mol. The number of carbonyl (C=O) groups is 3. The van der Waals surface area contributed by atoms with E-state index in [0.717, 1.165) is 11.3 Å². The Kier molecular flexibility index (Phi) is 9.63. The Morgan fingerprint density at radius 2 is 1.84 bits per heavy atom. The molecule has 0 aromatic heterocycles. The highest BCUT2D eigenvalue weighted by Crippen LogP contribution is 2.19. The van der Waals surface area contributed by atoms with E-state index in [1.165, 1.54) is 0 Å². The maximum absolute atomic E-state index is 12.0. The van der Waals surface area contributed by atoms with Crippen LogP contribution in [-0.2, 0) is 19.2 Å². The van der Waals surface area contributed by atoms with Crippen LogP contribution in [0, 0.1) is 5.41 Å². The van der Waals surface area contributed by atoms with Crippen molar-refractivity contribution in [1.82, 2.24) is 5.32 Å². The van der Waals surface area contributed by atoms with Crippen LogP contribution in [0.4, 0.5) is 13.2 Å². The first kappa shape index (κ1) is 26.4. The van der Waals surface area contributed by atoms with Gasteiger partial charge in [-0.2, -0.15) is 13.2 Å². The number of nitrogens with zero attached hydrogens (tertiary/aromatic N) is 1. The molecule has 176 valence electrons. The van der Waals surface area contributed by atoms with Crippen molar-refractivity contribution in [1.29, 1.82) is 5.41 Å². The molecule has 1 aliphatic rings. The fourth-order valence-corrected chi connectivity index (χ4v) is 2.55. The van der Waals surface area contributed by atoms with Crippen molar-refractivity contribution in [3.63, 3.8) is 0 Å². The maximum Gasteiger partial charge on any atom is 0.490 e. The summed E-state index contributed by atoms with van der Waals surface area (Å²) in [6, 6.07) is 6.70. The number of halogens is 3. The third-order valence-corrected chi connectivity index (χ3v) is 4.20. The molecule has 13 heteroatoms. The van der Waals surface area contributed by atoms with Crippen LogP contribution in [0.15, 0.2) is 29.4 Å². The van der Waals surface area contributed by atoms with Crippen LogP contribution in [-0.4, -0.2) is 57.9 Å². The maximum atomic E-state index is 12.0. The molecule has 1 amide bonds. The summed E-state index contributed by atoms with van der Waals surface area (Å²) in [7, 11) is 0. The first-order valence-corrected chi connectivity index (χ1v) is 9.32. The molecule has 6 N–H and O–H groups in total. The zero-order chi connectivity index (χ0) is 24.5. The molecule has 0 unspecified atom stereocenters. The lowest BCUT2D eigenvalue weighted by Crippen LogP contribution is -2.37. The van der Waals surface area contributed by atoms with Crippen molar-refractivity contribution in [2.24, 2.45) is 10.9 Å². The Morgan fingerprint density at radius 1 is 1.28 bits per heavy atom. The van der Waals surface area contributed by atoms with Crippen LogP contribution < -0.4 is 11.1 Å². The van der Waals surface area contributed by atoms with Crippen LogP contribution in [0.25, 0.3) is 0 Å². The minimum absolute atomic E-state index is 0.00227. The molecule has 1 aromatic carbocycles. The molecule has 1 aliphatic heterocycles. The smallest absolute Gasteiger partial charge is 0.481 e. The van der Waals surface area contributed by atoms with Crippen molar-refractivity contribution in [3.8, 4) is 0 Å². The number of amides is 1. The van der Waals surface area contributed by atoms with Gasteiger partial charge in [-0.3, -0.25) is 15.0 Å². The molecule has 1 heterocycles. The van der Waals surface area contributed by atoms with Gasteiger partial charge in [0.05, 0.1) is 18.6 Å². The number of amidine groups is 1. The van der Waals surface area contributed by atoms with E-state index < -0.39 is 18.1 Å². The van der Waals surface area contributed by atoms with Gasteiger partial charge in [0.1, 0.15) is 11.9 Å². The second-order valence-electron chi connectivity index (χ2n) is 6.74. The summed E-state index contributed by atoms with van der Waals surface area (Å²) >= 11 is 0. The molecule has 0 bridgehead atoms. The van der Waals surface area contributed by atoms with E-state index >= 15 is 0 Å². The Morgan fingerprint density at radius 3 is 2.28 bits per heavy atom. The summed E-state index contributed by atoms with van der Waals surface area (Å²) in [5.41, 5.74) is 7.63. The van der Waals surface area contributed by atoms with E-state index in [9.17, 15) is 22.8 Å². The lowest BCUT2D eigenvalue weighted by Gasteiger charge is -2.16. The summed E-state index contributed by atoms with van der Waals surface area (Å²) in [5.74, 6) is -3.95. The molecule has 0 spiro atoms. The highest BCUT2D eigenvalue weighted by atomic mass is 19.4. The third-order valence-electron chi connectivity index (χ3n) is 4.20. The molecule has 0 saturated carbocycles. The molecular weight excluding hydrogens is 437 g/mol. The van der Waals surface area contributed by atoms with Gasteiger partial charge in [0.25, 0.3) is 0 Å². The van der Waals surface area contributed by atoms with E-state index in [0.29, 0.717) is 18.4 Å². The number of oxime groups is 1. The number of carboxylic acid groups (broad SMARTS) is 2. The molecule has 0 radical (unpaired) electrons. The minimum Gasteiger partial charge on any atom is -0.481 e. The summed E-state index contributed by atoms with van der Waals surface area (Å²) in [5, 5.41) is 30.0. The fourth-order valence-electron chi connectivity index (χ4n) is 2.55. The van der Waals surface area contributed by atoms with Crippen molar-refractivity contribution in [2.45, 2.75) is 50.9 Å². The van der Waals surface area contributed by atoms with Gasteiger partial charge in [-0.05, 0) is 12.0 Å². The van der Waals surface area contributed by atoms with Gasteiger partial charge in [0.15, 0.2) is 0 Å². The van der Waals surface area contributed by atoms with Gasteiger partial charge in [-0.25, -0.2) is 4.79 Å². The Balaban J connectivity index is 0.000000633. The molecule has 0 aliphatic carbocycles. The third kappa shape index (κ3) is 9.02. The first-order chi connectivity index (χ1) is 14.8. The zero-order valence-corrected chi connectivity index (χ0v) is 17.0. The van der Waals surface area contributed by atoms with Gasteiger partial charge in [0.2, 0.25) is 5.91 Å². The number of hydrogen-bond acceptors (Lipinski definition) is 6. The Hall–Kier alpha value is -3.64. The van der Waals surface area contributed by atoms with Crippen LogP contribution in [0.2, 0.25) is 0 Å². The largest absolute Gasteiger partial charge is 0.490 e. The van der Waals surface area contributed by atoms with Crippen LogP contribution in [0.1, 0.15) is 43.7 Å². The van der Waals surface area contributed by atoms with E-state index in [2.05, 4.69) is 10.5 Å². The lowest BCUT2D eigenvalue weighted by molar-refractivity contribution is -0.192. The number of alkyl halides is 3. The Bertz CT molecular complexity index is 871. The number of aliphatic carboxylic acids is 2. The molecule has 10 nitrogen and oxygen atoms in total. The number of benzene rings is 1. The SMILES string of the molecule is CC[C@H](CC(=O)O)NC(=O)C[C@H]1CC(c2ccc(C(=N)N)cc2)=NO1.O=C(O)C(F)(F)F. The molecule has 32 heavy (non-hydrogen) atoms. The van der Waals surface area contributed by atoms with Gasteiger partial charge >= 0.3 is 18.1 Å². The Labute approximate surface area is 180 Å². The number of nitrogen functional groups attached to an aromatic ring is 1. The molecule has 0 fully saturated rings. The highest BCUT2D eigenvalue weighted by Gasteiger charge is 2.38. The number of hydrogen-bond donors (Lipinski definition) is 5. The minimum atomic E-state index is -5.08. The number of rotatable bonds is 8. The number of nitrogens with two attached hydrogens (primary N) is 1. The second kappa shape index (κ2) is 11.7. The van der Waals surface area contributed by atoms with E-state index in [1.54, 1.807) is 24.3 Å². The molecular formula is C19H23F3N4O6. The fraction of sp³-hybridized carbons (Fsp3) is 0.421. The van der Waals surface area contributed by atoms with Crippen molar-refractivity contribution in [3.05, 3.63) is 35.4 Å². The van der Waals surface area contributed by atoms with Crippen LogP contribution in [0.3, 0.4) is 0 Å². The quantitative estimate of drug-likeness (QED) is 0.290. The zero-order valence-electron chi connectivity index (χ0n) is 17.0. The van der Waals surface area contributed by atoms with E-state index in [4.69, 9.17) is 31.0 Å². The summed E-state index contributed by atoms with van der Waals surface area (Å²) in [4.78, 5) is 37.0. The highest BCUT2D eigenvalue weighted by molar-refractivity contribution is 6.02. The van der Waals surface area contributed by atoms with Crippen molar-refractivity contribution < 1.29 is 42.6 Å². The van der Waals surface area contributed by atoms with Crippen LogP contribution in [0.5, 0.6) is 0 Å². The van der Waals surface area contributed by atoms with Crippen molar-refractivity contribution in [2.75, 3.05) is 0 Å². The average Bonchev–Trinajstić information content (AvgIpc) is 3.15. The van der Waals surface area contributed by atoms with E-state index in [-0.39, 0.29) is 36.7 Å². The van der Waals surface area contributed by atoms with Gasteiger partial charge in [-0.1, -0.05) is 36.3 Å². The van der Waals surface area contributed by atoms with Crippen molar-refractivity contribution >= 4 is 29.4 Å². The van der Waals surface area contributed by atoms with Gasteiger partial charge in [-0.15, -0.1) is 0 Å². The normalized spacial score (nSPS) is 16.0. The van der Waals surface area contributed by atoms with Gasteiger partial charge in [0, 0.05) is 18.0 Å². The lowest BCUT2D eigenvalue weighted by atomic mass is 10.0. The second-order valence-corrected chi connectivity index (χ2v) is 6.74. The molecule has 2 rings (SSSR count). The van der Waals surface area contributed by atoms with Crippen LogP contribution >= 0.6 is 0 Å². The number of carbonyl (C=O) groups excluding carboxylic acids is 1. The molecule has 1 aromatic rings. The summed E-state index contributed by atoms with van der Waals surface area (Å²) < 4.78 is 31.7. The number of nitrogens with one attached hydrogen (secondary N) is 2. The first-order valence-electron chi connectivity index (χ1n) is 9.32. The average molecular weight is 460 g/mol. The summed E-state index contributed by atoms with van der Waals surface area (Å²) in [6.07, 6.45) is -4.40. The standard InChI is InChI=1S/C17H22N4O4.C2HF3O2/c1-2-12(7-16(23)24)20-15(22)9-13-8-14(21-25-13)10-3-5-11(6-4-10)17(18)19;3-2(4,5)1(6)7/h3-6,12-13H,2,7-9H2,1H3,(H3,18,19)(H,20,22)(H,23,24);(H,6,7)/t12-,13-;/m1./s1. The van der Waals surface area contributed by atoms with E-state index in [1.807, 2.05) is 6.92 Å². The summed E-state index contributed by atoms with van der Waals surface area (Å²) in [6.45, 7) is 1.83. The predicted octanol–water partition coefficient (Wildman–Crippen LogP) is 1.86.